The summed E-state index contributed by atoms with van der Waals surface area (Å²) in [6.07, 6.45) is 10.1. The summed E-state index contributed by atoms with van der Waals surface area (Å²) < 4.78 is 11.9. The second kappa shape index (κ2) is 7.43. The molecular formula is C18H35NO2. The average Bonchev–Trinajstić information content (AvgIpc) is 3.30. The summed E-state index contributed by atoms with van der Waals surface area (Å²) in [6, 6.07) is 0.768. The van der Waals surface area contributed by atoms with E-state index >= 15 is 0 Å². The third kappa shape index (κ3) is 5.54. The molecule has 0 amide bonds. The van der Waals surface area contributed by atoms with Crippen LogP contribution in [0.3, 0.4) is 0 Å². The number of hydrogen-bond acceptors (Lipinski definition) is 3. The van der Waals surface area contributed by atoms with Gasteiger partial charge in [-0.1, -0.05) is 13.3 Å². The molecule has 0 atom stereocenters. The first-order valence-electron chi connectivity index (χ1n) is 8.91. The van der Waals surface area contributed by atoms with E-state index < -0.39 is 0 Å². The zero-order valence-corrected chi connectivity index (χ0v) is 14.5. The predicted molar refractivity (Wildman–Crippen MR) is 87.7 cm³/mol. The summed E-state index contributed by atoms with van der Waals surface area (Å²) >= 11 is 0. The third-order valence-electron chi connectivity index (χ3n) is 5.55. The Morgan fingerprint density at radius 3 is 2.33 bits per heavy atom. The zero-order valence-electron chi connectivity index (χ0n) is 14.5. The van der Waals surface area contributed by atoms with E-state index in [1.807, 2.05) is 0 Å². The molecule has 0 aliphatic heterocycles. The Labute approximate surface area is 131 Å². The van der Waals surface area contributed by atoms with Crippen LogP contribution in [0.2, 0.25) is 0 Å². The Morgan fingerprint density at radius 1 is 1.14 bits per heavy atom. The Hall–Kier alpha value is -0.120. The van der Waals surface area contributed by atoms with E-state index in [9.17, 15) is 0 Å². The summed E-state index contributed by atoms with van der Waals surface area (Å²) in [5.74, 6) is 0.915. The summed E-state index contributed by atoms with van der Waals surface area (Å²) in [6.45, 7) is 8.45. The van der Waals surface area contributed by atoms with Crippen molar-refractivity contribution in [3.05, 3.63) is 0 Å². The van der Waals surface area contributed by atoms with Gasteiger partial charge in [0.1, 0.15) is 0 Å². The summed E-state index contributed by atoms with van der Waals surface area (Å²) in [4.78, 5) is 0. The number of ether oxygens (including phenoxy) is 2. The normalized spacial score (nSPS) is 30.6. The molecule has 3 heteroatoms. The van der Waals surface area contributed by atoms with Gasteiger partial charge in [0.2, 0.25) is 0 Å². The van der Waals surface area contributed by atoms with E-state index in [0.717, 1.165) is 31.5 Å². The second-order valence-electron chi connectivity index (χ2n) is 7.75. The number of rotatable bonds is 9. The zero-order chi connectivity index (χ0) is 15.3. The summed E-state index contributed by atoms with van der Waals surface area (Å²) in [5.41, 5.74) is 0.00378. The van der Waals surface area contributed by atoms with Crippen molar-refractivity contribution in [2.24, 2.45) is 5.92 Å². The van der Waals surface area contributed by atoms with Crippen molar-refractivity contribution in [2.75, 3.05) is 20.3 Å². The van der Waals surface area contributed by atoms with Gasteiger partial charge in [0.15, 0.2) is 0 Å². The van der Waals surface area contributed by atoms with Gasteiger partial charge in [-0.25, -0.2) is 0 Å². The lowest BCUT2D eigenvalue weighted by Gasteiger charge is -2.41. The van der Waals surface area contributed by atoms with Crippen molar-refractivity contribution >= 4 is 0 Å². The van der Waals surface area contributed by atoms with Crippen LogP contribution >= 0.6 is 0 Å². The highest BCUT2D eigenvalue weighted by atomic mass is 16.5. The standard InChI is InChI=1S/C18H35NO2/c1-5-15-8-10-18(11-9-15,14-19-16-6-7-16)21-13-12-17(2,3)20-4/h15-16,19H,5-14H2,1-4H3. The van der Waals surface area contributed by atoms with Crippen molar-refractivity contribution in [3.8, 4) is 0 Å². The molecule has 0 aromatic rings. The number of nitrogens with one attached hydrogen (secondary N) is 1. The minimum atomic E-state index is -0.0776. The third-order valence-corrected chi connectivity index (χ3v) is 5.55. The SMILES string of the molecule is CCC1CCC(CNC2CC2)(OCCC(C)(C)OC)CC1. The van der Waals surface area contributed by atoms with Crippen molar-refractivity contribution < 1.29 is 9.47 Å². The maximum Gasteiger partial charge on any atom is 0.0806 e. The topological polar surface area (TPSA) is 30.5 Å². The van der Waals surface area contributed by atoms with E-state index in [4.69, 9.17) is 9.47 Å². The molecule has 2 saturated carbocycles. The molecule has 0 heterocycles. The van der Waals surface area contributed by atoms with Crippen LogP contribution in [-0.4, -0.2) is 37.5 Å². The van der Waals surface area contributed by atoms with Gasteiger partial charge in [-0.3, -0.25) is 0 Å². The molecule has 2 fully saturated rings. The number of methoxy groups -OCH3 is 1. The molecule has 21 heavy (non-hydrogen) atoms. The van der Waals surface area contributed by atoms with Crippen LogP contribution in [0.5, 0.6) is 0 Å². The molecule has 3 nitrogen and oxygen atoms in total. The molecule has 0 aromatic heterocycles. The second-order valence-corrected chi connectivity index (χ2v) is 7.75. The highest BCUT2D eigenvalue weighted by Gasteiger charge is 2.37. The molecule has 2 aliphatic rings. The smallest absolute Gasteiger partial charge is 0.0806 e. The van der Waals surface area contributed by atoms with Gasteiger partial charge in [0.25, 0.3) is 0 Å². The van der Waals surface area contributed by atoms with Gasteiger partial charge >= 0.3 is 0 Å². The molecule has 0 spiro atoms. The lowest BCUT2D eigenvalue weighted by atomic mass is 9.77. The van der Waals surface area contributed by atoms with Crippen LogP contribution in [0.4, 0.5) is 0 Å². The van der Waals surface area contributed by atoms with Crippen LogP contribution in [0.1, 0.15) is 72.1 Å². The molecule has 2 rings (SSSR count). The van der Waals surface area contributed by atoms with Crippen LogP contribution in [0, 0.1) is 5.92 Å². The van der Waals surface area contributed by atoms with Crippen LogP contribution in [0.15, 0.2) is 0 Å². The fourth-order valence-corrected chi connectivity index (χ4v) is 3.22. The fraction of sp³-hybridized carbons (Fsp3) is 1.00. The number of hydrogen-bond donors (Lipinski definition) is 1. The maximum atomic E-state index is 6.44. The van der Waals surface area contributed by atoms with Gasteiger partial charge in [0.05, 0.1) is 17.8 Å². The van der Waals surface area contributed by atoms with Crippen molar-refractivity contribution in [3.63, 3.8) is 0 Å². The van der Waals surface area contributed by atoms with Crippen LogP contribution in [0.25, 0.3) is 0 Å². The Kier molecular flexibility index (Phi) is 6.10. The van der Waals surface area contributed by atoms with Gasteiger partial charge in [-0.2, -0.15) is 0 Å². The molecule has 1 N–H and O–H groups in total. The van der Waals surface area contributed by atoms with E-state index in [1.54, 1.807) is 7.11 Å². The van der Waals surface area contributed by atoms with Crippen molar-refractivity contribution in [1.29, 1.82) is 0 Å². The van der Waals surface area contributed by atoms with Gasteiger partial charge < -0.3 is 14.8 Å². The molecule has 0 bridgehead atoms. The van der Waals surface area contributed by atoms with Crippen molar-refractivity contribution in [2.45, 2.75) is 89.4 Å². The first-order valence-corrected chi connectivity index (χ1v) is 8.91. The molecule has 0 unspecified atom stereocenters. The molecule has 2 aliphatic carbocycles. The lowest BCUT2D eigenvalue weighted by molar-refractivity contribution is -0.0967. The fourth-order valence-electron chi connectivity index (χ4n) is 3.22. The highest BCUT2D eigenvalue weighted by Crippen LogP contribution is 2.37. The van der Waals surface area contributed by atoms with Gasteiger partial charge in [-0.15, -0.1) is 0 Å². The van der Waals surface area contributed by atoms with Gasteiger partial charge in [-0.05, 0) is 64.7 Å². The molecule has 0 aromatic carbocycles. The molecule has 124 valence electrons. The quantitative estimate of drug-likeness (QED) is 0.700. The molecule has 0 radical (unpaired) electrons. The Balaban J connectivity index is 1.82. The maximum absolute atomic E-state index is 6.44. The van der Waals surface area contributed by atoms with E-state index in [-0.39, 0.29) is 11.2 Å². The van der Waals surface area contributed by atoms with Crippen LogP contribution in [-0.2, 0) is 9.47 Å². The monoisotopic (exact) mass is 297 g/mol. The summed E-state index contributed by atoms with van der Waals surface area (Å²) in [7, 11) is 1.79. The minimum Gasteiger partial charge on any atom is -0.379 e. The Bertz CT molecular complexity index is 304. The van der Waals surface area contributed by atoms with Crippen molar-refractivity contribution in [1.82, 2.24) is 5.32 Å². The minimum absolute atomic E-state index is 0.0776. The highest BCUT2D eigenvalue weighted by molar-refractivity contribution is 4.92. The first kappa shape index (κ1) is 17.2. The van der Waals surface area contributed by atoms with E-state index in [1.165, 1.54) is 44.9 Å². The molecular weight excluding hydrogens is 262 g/mol. The van der Waals surface area contributed by atoms with E-state index in [0.29, 0.717) is 0 Å². The lowest BCUT2D eigenvalue weighted by Crippen LogP contribution is -2.47. The average molecular weight is 297 g/mol. The predicted octanol–water partition coefficient (Wildman–Crippen LogP) is 3.91. The summed E-state index contributed by atoms with van der Waals surface area (Å²) in [5, 5.41) is 3.71. The largest absolute Gasteiger partial charge is 0.379 e. The first-order chi connectivity index (χ1) is 9.99. The van der Waals surface area contributed by atoms with E-state index in [2.05, 4.69) is 26.1 Å². The van der Waals surface area contributed by atoms with Gasteiger partial charge in [0, 0.05) is 19.7 Å². The van der Waals surface area contributed by atoms with Crippen LogP contribution < -0.4 is 5.32 Å². The Morgan fingerprint density at radius 2 is 1.81 bits per heavy atom. The molecule has 0 saturated heterocycles.